The lowest BCUT2D eigenvalue weighted by atomic mass is 10.0. The summed E-state index contributed by atoms with van der Waals surface area (Å²) in [5.41, 5.74) is 1.24. The third kappa shape index (κ3) is 10.1. The van der Waals surface area contributed by atoms with Crippen LogP contribution >= 0.6 is 11.8 Å². The molecule has 0 aliphatic heterocycles. The molecule has 0 bridgehead atoms. The van der Waals surface area contributed by atoms with E-state index in [-0.39, 0.29) is 6.42 Å². The smallest absolute Gasteiger partial charge is 0.408 e. The Morgan fingerprint density at radius 3 is 2.15 bits per heavy atom. The number of alkyl carbamates (subject to hydrolysis) is 1. The van der Waals surface area contributed by atoms with E-state index in [0.717, 1.165) is 11.1 Å². The fourth-order valence-corrected chi connectivity index (χ4v) is 4.07. The zero-order valence-corrected chi connectivity index (χ0v) is 20.4. The van der Waals surface area contributed by atoms with Crippen LogP contribution in [-0.2, 0) is 26.4 Å². The summed E-state index contributed by atoms with van der Waals surface area (Å²) in [6.45, 7) is 5.21. The standard InChI is InChI=1S/C26H32FNO4S/c1-26(2,3)32-25(30)28-23(15-19-11-7-5-8-12-19)22(27)16-21(24(29)31-4)18-33-17-20-13-9-6-10-14-20/h5-14,16,21,23H,15,17-18H2,1-4H3,(H,28,30)/b22-16-/t21-,23+/m0/s1. The van der Waals surface area contributed by atoms with Crippen molar-refractivity contribution in [1.82, 2.24) is 5.32 Å². The second-order valence-corrected chi connectivity index (χ2v) is 9.60. The number of hydrogen-bond donors (Lipinski definition) is 1. The molecule has 0 unspecified atom stereocenters. The Balaban J connectivity index is 2.16. The largest absolute Gasteiger partial charge is 0.469 e. The van der Waals surface area contributed by atoms with Gasteiger partial charge in [0.15, 0.2) is 0 Å². The van der Waals surface area contributed by atoms with E-state index in [1.165, 1.54) is 24.9 Å². The second-order valence-electron chi connectivity index (χ2n) is 8.57. The van der Waals surface area contributed by atoms with E-state index >= 15 is 4.39 Å². The van der Waals surface area contributed by atoms with Gasteiger partial charge in [-0.3, -0.25) is 4.79 Å². The number of thioether (sulfide) groups is 1. The first-order chi connectivity index (χ1) is 15.7. The summed E-state index contributed by atoms with van der Waals surface area (Å²) in [6, 6.07) is 18.1. The van der Waals surface area contributed by atoms with Crippen LogP contribution in [0.25, 0.3) is 0 Å². The molecular formula is C26H32FNO4S. The molecule has 5 nitrogen and oxygen atoms in total. The monoisotopic (exact) mass is 473 g/mol. The predicted molar refractivity (Wildman–Crippen MR) is 131 cm³/mol. The maximum absolute atomic E-state index is 15.4. The van der Waals surface area contributed by atoms with Gasteiger partial charge in [-0.15, -0.1) is 0 Å². The zero-order chi connectivity index (χ0) is 24.3. The lowest BCUT2D eigenvalue weighted by Crippen LogP contribution is -2.41. The van der Waals surface area contributed by atoms with Crippen molar-refractivity contribution in [3.8, 4) is 0 Å². The number of nitrogens with one attached hydrogen (secondary N) is 1. The Hall–Kier alpha value is -2.80. The van der Waals surface area contributed by atoms with Gasteiger partial charge in [0.2, 0.25) is 0 Å². The minimum absolute atomic E-state index is 0.216. The van der Waals surface area contributed by atoms with Crippen molar-refractivity contribution in [3.63, 3.8) is 0 Å². The predicted octanol–water partition coefficient (Wildman–Crippen LogP) is 5.70. The van der Waals surface area contributed by atoms with E-state index in [9.17, 15) is 9.59 Å². The highest BCUT2D eigenvalue weighted by Gasteiger charge is 2.25. The number of benzene rings is 2. The van der Waals surface area contributed by atoms with Crippen molar-refractivity contribution >= 4 is 23.8 Å². The van der Waals surface area contributed by atoms with Gasteiger partial charge in [0.25, 0.3) is 0 Å². The van der Waals surface area contributed by atoms with E-state index in [2.05, 4.69) is 5.32 Å². The van der Waals surface area contributed by atoms with Crippen LogP contribution in [0.2, 0.25) is 0 Å². The quantitative estimate of drug-likeness (QED) is 0.449. The fourth-order valence-electron chi connectivity index (χ4n) is 3.04. The molecule has 0 spiro atoms. The average molecular weight is 474 g/mol. The molecule has 1 N–H and O–H groups in total. The van der Waals surface area contributed by atoms with Crippen LogP contribution in [-0.4, -0.2) is 36.6 Å². The van der Waals surface area contributed by atoms with Crippen LogP contribution in [0.15, 0.2) is 72.6 Å². The van der Waals surface area contributed by atoms with Crippen molar-refractivity contribution in [1.29, 1.82) is 0 Å². The fraction of sp³-hybridized carbons (Fsp3) is 0.385. The number of amides is 1. The van der Waals surface area contributed by atoms with E-state index in [4.69, 9.17) is 9.47 Å². The Morgan fingerprint density at radius 1 is 1.03 bits per heavy atom. The number of methoxy groups -OCH3 is 1. The van der Waals surface area contributed by atoms with Crippen molar-refractivity contribution in [2.75, 3.05) is 12.9 Å². The highest BCUT2D eigenvalue weighted by atomic mass is 32.2. The minimum atomic E-state index is -0.978. The van der Waals surface area contributed by atoms with Gasteiger partial charge >= 0.3 is 12.1 Å². The third-order valence-electron chi connectivity index (χ3n) is 4.58. The molecule has 0 fully saturated rings. The van der Waals surface area contributed by atoms with Gasteiger partial charge in [-0.1, -0.05) is 60.7 Å². The number of rotatable bonds is 10. The van der Waals surface area contributed by atoms with Crippen molar-refractivity contribution in [2.24, 2.45) is 5.92 Å². The molecule has 0 aliphatic carbocycles. The highest BCUT2D eigenvalue weighted by molar-refractivity contribution is 7.98. The normalized spacial score (nSPS) is 13.7. The summed E-state index contributed by atoms with van der Waals surface area (Å²) in [7, 11) is 1.28. The maximum atomic E-state index is 15.4. The summed E-state index contributed by atoms with van der Waals surface area (Å²) in [4.78, 5) is 24.7. The summed E-state index contributed by atoms with van der Waals surface area (Å²) >= 11 is 1.51. The first-order valence-electron chi connectivity index (χ1n) is 10.8. The molecule has 0 radical (unpaired) electrons. The molecule has 33 heavy (non-hydrogen) atoms. The lowest BCUT2D eigenvalue weighted by molar-refractivity contribution is -0.143. The second kappa shape index (κ2) is 13.0. The molecule has 0 saturated carbocycles. The van der Waals surface area contributed by atoms with E-state index in [1.54, 1.807) is 20.8 Å². The molecule has 2 aromatic carbocycles. The van der Waals surface area contributed by atoms with Crippen LogP contribution in [0.3, 0.4) is 0 Å². The zero-order valence-electron chi connectivity index (χ0n) is 19.5. The van der Waals surface area contributed by atoms with Crippen LogP contribution in [0, 0.1) is 5.92 Å². The number of carbonyl (C=O) groups excluding carboxylic acids is 2. The van der Waals surface area contributed by atoms with E-state index < -0.39 is 35.5 Å². The molecule has 7 heteroatoms. The molecule has 2 rings (SSSR count). The third-order valence-corrected chi connectivity index (χ3v) is 5.71. The van der Waals surface area contributed by atoms with Gasteiger partial charge in [0, 0.05) is 11.5 Å². The molecule has 178 valence electrons. The first-order valence-corrected chi connectivity index (χ1v) is 11.9. The topological polar surface area (TPSA) is 64.6 Å². The Morgan fingerprint density at radius 2 is 1.61 bits per heavy atom. The highest BCUT2D eigenvalue weighted by Crippen LogP contribution is 2.21. The summed E-state index contributed by atoms with van der Waals surface area (Å²) in [5, 5.41) is 2.60. The van der Waals surface area contributed by atoms with Crippen LogP contribution in [0.4, 0.5) is 9.18 Å². The van der Waals surface area contributed by atoms with Crippen molar-refractivity contribution in [3.05, 3.63) is 83.7 Å². The van der Waals surface area contributed by atoms with Crippen LogP contribution in [0.1, 0.15) is 31.9 Å². The lowest BCUT2D eigenvalue weighted by Gasteiger charge is -2.23. The summed E-state index contributed by atoms with van der Waals surface area (Å²) < 4.78 is 25.6. The minimum Gasteiger partial charge on any atom is -0.469 e. The van der Waals surface area contributed by atoms with Gasteiger partial charge in [-0.2, -0.15) is 11.8 Å². The molecular weight excluding hydrogens is 441 g/mol. The number of carbonyl (C=O) groups is 2. The van der Waals surface area contributed by atoms with Gasteiger partial charge in [0.05, 0.1) is 19.1 Å². The summed E-state index contributed by atoms with van der Waals surface area (Å²) in [5.74, 6) is -0.892. The number of halogens is 1. The Kier molecular flexibility index (Phi) is 10.5. The SMILES string of the molecule is COC(=O)[C@@H](/C=C(\F)[C@@H](Cc1ccccc1)NC(=O)OC(C)(C)C)CSCc1ccccc1. The molecule has 0 heterocycles. The number of hydrogen-bond acceptors (Lipinski definition) is 5. The van der Waals surface area contributed by atoms with Gasteiger partial charge in [-0.05, 0) is 44.4 Å². The average Bonchev–Trinajstić information content (AvgIpc) is 2.77. The van der Waals surface area contributed by atoms with Gasteiger partial charge < -0.3 is 14.8 Å². The van der Waals surface area contributed by atoms with Crippen molar-refractivity contribution < 1.29 is 23.5 Å². The molecule has 2 aromatic rings. The first kappa shape index (κ1) is 26.5. The Labute approximate surface area is 199 Å². The van der Waals surface area contributed by atoms with Crippen LogP contribution < -0.4 is 5.32 Å². The van der Waals surface area contributed by atoms with Crippen LogP contribution in [0.5, 0.6) is 0 Å². The molecule has 0 saturated heterocycles. The molecule has 2 atom stereocenters. The summed E-state index contributed by atoms with van der Waals surface area (Å²) in [6.07, 6.45) is 0.738. The number of esters is 1. The van der Waals surface area contributed by atoms with Gasteiger partial charge in [0.1, 0.15) is 11.4 Å². The van der Waals surface area contributed by atoms with Crippen molar-refractivity contribution in [2.45, 2.75) is 44.6 Å². The molecule has 0 aliphatic rings. The maximum Gasteiger partial charge on any atom is 0.408 e. The Bertz CT molecular complexity index is 913. The number of ether oxygens (including phenoxy) is 2. The molecule has 1 amide bonds. The van der Waals surface area contributed by atoms with E-state index in [1.807, 2.05) is 60.7 Å². The molecule has 0 aromatic heterocycles. The van der Waals surface area contributed by atoms with E-state index in [0.29, 0.717) is 11.5 Å². The van der Waals surface area contributed by atoms with Gasteiger partial charge in [-0.25, -0.2) is 9.18 Å².